The summed E-state index contributed by atoms with van der Waals surface area (Å²) in [5.74, 6) is -2.05. The molecule has 0 fully saturated rings. The monoisotopic (exact) mass is 587 g/mol. The molecule has 13 heteroatoms. The maximum Gasteiger partial charge on any atom is 0.330 e. The van der Waals surface area contributed by atoms with Gasteiger partial charge in [-0.25, -0.2) is 4.79 Å². The minimum absolute atomic E-state index is 0.0602. The van der Waals surface area contributed by atoms with E-state index in [1.807, 2.05) is 32.0 Å². The van der Waals surface area contributed by atoms with Crippen LogP contribution in [-0.2, 0) is 16.1 Å². The van der Waals surface area contributed by atoms with Crippen molar-refractivity contribution in [2.24, 2.45) is 5.92 Å². The number of aromatic amines is 1. The van der Waals surface area contributed by atoms with Gasteiger partial charge >= 0.3 is 5.97 Å². The van der Waals surface area contributed by atoms with E-state index in [-0.39, 0.29) is 46.3 Å². The standard InChI is InChI=1S/C26H26ClN5O5S2/c1-14(2)13-37-26(36)19(12-29-23(33)20-7-4-8-38-20)31-25(35)22-17(27)9-21(39-22)24(34)28-10-15-5-3-6-18-16(15)11-30-32-18/h3-9,11,14,19H,10,12-13H2,1-2H3,(H,28,34)(H,29,33)(H,30,32)(H,31,35). The summed E-state index contributed by atoms with van der Waals surface area (Å²) >= 11 is 8.45. The summed E-state index contributed by atoms with van der Waals surface area (Å²) < 4.78 is 5.29. The smallest absolute Gasteiger partial charge is 0.330 e. The number of nitrogens with zero attached hydrogens (tertiary/aromatic N) is 1. The van der Waals surface area contributed by atoms with Gasteiger partial charge in [0.15, 0.2) is 0 Å². The van der Waals surface area contributed by atoms with E-state index in [0.29, 0.717) is 4.88 Å². The van der Waals surface area contributed by atoms with Crippen LogP contribution >= 0.6 is 34.3 Å². The highest BCUT2D eigenvalue weighted by atomic mass is 35.5. The highest BCUT2D eigenvalue weighted by molar-refractivity contribution is 7.16. The molecule has 4 aromatic rings. The molecule has 0 radical (unpaired) electrons. The van der Waals surface area contributed by atoms with Gasteiger partial charge in [-0.2, -0.15) is 5.10 Å². The van der Waals surface area contributed by atoms with Gasteiger partial charge in [-0.05, 0) is 35.1 Å². The molecule has 0 aliphatic heterocycles. The van der Waals surface area contributed by atoms with E-state index in [0.717, 1.165) is 27.8 Å². The van der Waals surface area contributed by atoms with E-state index in [1.54, 1.807) is 23.7 Å². The Morgan fingerprint density at radius 3 is 2.59 bits per heavy atom. The number of thiophene rings is 2. The number of H-pyrrole nitrogens is 1. The number of nitrogens with one attached hydrogen (secondary N) is 4. The molecule has 1 atom stereocenters. The van der Waals surface area contributed by atoms with Crippen LogP contribution in [0.25, 0.3) is 10.9 Å². The Bertz CT molecular complexity index is 1480. The predicted octanol–water partition coefficient (Wildman–Crippen LogP) is 4.00. The van der Waals surface area contributed by atoms with E-state index in [9.17, 15) is 19.2 Å². The van der Waals surface area contributed by atoms with Gasteiger partial charge in [-0.1, -0.05) is 43.6 Å². The molecular weight excluding hydrogens is 562 g/mol. The fourth-order valence-electron chi connectivity index (χ4n) is 3.54. The number of rotatable bonds is 11. The predicted molar refractivity (Wildman–Crippen MR) is 150 cm³/mol. The highest BCUT2D eigenvalue weighted by Gasteiger charge is 2.27. The van der Waals surface area contributed by atoms with Crippen molar-refractivity contribution in [3.8, 4) is 0 Å². The molecule has 0 aliphatic rings. The highest BCUT2D eigenvalue weighted by Crippen LogP contribution is 2.27. The molecule has 0 saturated heterocycles. The molecule has 39 heavy (non-hydrogen) atoms. The minimum Gasteiger partial charge on any atom is -0.464 e. The fraction of sp³-hybridized carbons (Fsp3) is 0.269. The van der Waals surface area contributed by atoms with Gasteiger partial charge in [-0.15, -0.1) is 22.7 Å². The molecule has 0 saturated carbocycles. The molecule has 4 N–H and O–H groups in total. The Labute approximate surface area is 237 Å². The Kier molecular flexibility index (Phi) is 9.33. The SMILES string of the molecule is CC(C)COC(=O)C(CNC(=O)c1cccs1)NC(=O)c1sc(C(=O)NCc2cccc3[nH]ncc23)cc1Cl. The molecule has 0 spiro atoms. The van der Waals surface area contributed by atoms with Crippen LogP contribution in [0.5, 0.6) is 0 Å². The fourth-order valence-corrected chi connectivity index (χ4v) is 5.42. The van der Waals surface area contributed by atoms with Gasteiger partial charge in [-0.3, -0.25) is 19.5 Å². The maximum atomic E-state index is 13.1. The Balaban J connectivity index is 1.42. The van der Waals surface area contributed by atoms with Crippen LogP contribution < -0.4 is 16.0 Å². The number of benzene rings is 1. The Morgan fingerprint density at radius 1 is 1.05 bits per heavy atom. The molecular formula is C26H26ClN5O5S2. The summed E-state index contributed by atoms with van der Waals surface area (Å²) in [7, 11) is 0. The third-order valence-electron chi connectivity index (χ3n) is 5.49. The van der Waals surface area contributed by atoms with Crippen molar-refractivity contribution < 1.29 is 23.9 Å². The van der Waals surface area contributed by atoms with E-state index in [2.05, 4.69) is 26.1 Å². The number of carbonyl (C=O) groups excluding carboxylic acids is 4. The Morgan fingerprint density at radius 2 is 1.85 bits per heavy atom. The van der Waals surface area contributed by atoms with Crippen LogP contribution in [-0.4, -0.2) is 53.1 Å². The van der Waals surface area contributed by atoms with E-state index >= 15 is 0 Å². The molecule has 10 nitrogen and oxygen atoms in total. The number of carbonyl (C=O) groups is 4. The first-order valence-corrected chi connectivity index (χ1v) is 14.1. The summed E-state index contributed by atoms with van der Waals surface area (Å²) in [4.78, 5) is 51.7. The topological polar surface area (TPSA) is 142 Å². The second-order valence-electron chi connectivity index (χ2n) is 8.96. The molecule has 204 valence electrons. The summed E-state index contributed by atoms with van der Waals surface area (Å²) in [5.41, 5.74) is 1.73. The number of ether oxygens (including phenoxy) is 1. The molecule has 3 heterocycles. The van der Waals surface area contributed by atoms with Crippen LogP contribution in [0.15, 0.2) is 48.0 Å². The van der Waals surface area contributed by atoms with Gasteiger partial charge in [0, 0.05) is 18.5 Å². The molecule has 1 aromatic carbocycles. The van der Waals surface area contributed by atoms with Gasteiger partial charge in [0.25, 0.3) is 17.7 Å². The number of hydrogen-bond donors (Lipinski definition) is 4. The maximum absolute atomic E-state index is 13.1. The number of fused-ring (bicyclic) bond motifs is 1. The molecule has 4 rings (SSSR count). The van der Waals surface area contributed by atoms with E-state index in [1.165, 1.54) is 17.4 Å². The van der Waals surface area contributed by atoms with Gasteiger partial charge in [0.2, 0.25) is 0 Å². The zero-order valence-electron chi connectivity index (χ0n) is 21.1. The lowest BCUT2D eigenvalue weighted by atomic mass is 10.1. The first kappa shape index (κ1) is 28.3. The number of esters is 1. The summed E-state index contributed by atoms with van der Waals surface area (Å²) in [6, 6.07) is 9.26. The number of hydrogen-bond acceptors (Lipinski definition) is 8. The van der Waals surface area contributed by atoms with Crippen LogP contribution in [0.4, 0.5) is 0 Å². The summed E-state index contributed by atoms with van der Waals surface area (Å²) in [5, 5.41) is 17.7. The zero-order chi connectivity index (χ0) is 27.9. The lowest BCUT2D eigenvalue weighted by Gasteiger charge is -2.18. The third-order valence-corrected chi connectivity index (χ3v) is 7.90. The van der Waals surface area contributed by atoms with Gasteiger partial charge in [0.05, 0.1) is 33.1 Å². The van der Waals surface area contributed by atoms with Crippen molar-refractivity contribution in [3.05, 3.63) is 73.2 Å². The van der Waals surface area contributed by atoms with Crippen LogP contribution in [0.3, 0.4) is 0 Å². The van der Waals surface area contributed by atoms with Gasteiger partial charge in [0.1, 0.15) is 10.9 Å². The number of aromatic nitrogens is 2. The van der Waals surface area contributed by atoms with E-state index in [4.69, 9.17) is 16.3 Å². The minimum atomic E-state index is -1.16. The largest absolute Gasteiger partial charge is 0.464 e. The van der Waals surface area contributed by atoms with Crippen molar-refractivity contribution in [1.29, 1.82) is 0 Å². The lowest BCUT2D eigenvalue weighted by molar-refractivity contribution is -0.146. The van der Waals surface area contributed by atoms with Crippen LogP contribution in [0, 0.1) is 5.92 Å². The van der Waals surface area contributed by atoms with Gasteiger partial charge < -0.3 is 20.7 Å². The zero-order valence-corrected chi connectivity index (χ0v) is 23.5. The molecule has 0 bridgehead atoms. The number of amides is 3. The van der Waals surface area contributed by atoms with Crippen molar-refractivity contribution in [2.75, 3.05) is 13.2 Å². The first-order chi connectivity index (χ1) is 18.7. The molecule has 1 unspecified atom stereocenters. The second-order valence-corrected chi connectivity index (χ2v) is 11.4. The lowest BCUT2D eigenvalue weighted by Crippen LogP contribution is -2.49. The second kappa shape index (κ2) is 12.9. The quantitative estimate of drug-likeness (QED) is 0.195. The Hall–Kier alpha value is -3.74. The summed E-state index contributed by atoms with van der Waals surface area (Å²) in [6.07, 6.45) is 1.69. The molecule has 3 amide bonds. The van der Waals surface area contributed by atoms with Crippen LogP contribution in [0.1, 0.15) is 48.4 Å². The summed E-state index contributed by atoms with van der Waals surface area (Å²) in [6.45, 7) is 3.98. The van der Waals surface area contributed by atoms with Crippen molar-refractivity contribution in [1.82, 2.24) is 26.1 Å². The molecule has 0 aliphatic carbocycles. The average molecular weight is 588 g/mol. The average Bonchev–Trinajstić information content (AvgIpc) is 3.69. The normalized spacial score (nSPS) is 11.8. The van der Waals surface area contributed by atoms with Crippen molar-refractivity contribution >= 4 is 68.9 Å². The van der Waals surface area contributed by atoms with Crippen molar-refractivity contribution in [2.45, 2.75) is 26.4 Å². The third kappa shape index (κ3) is 7.22. The first-order valence-electron chi connectivity index (χ1n) is 12.0. The van der Waals surface area contributed by atoms with Crippen LogP contribution in [0.2, 0.25) is 5.02 Å². The van der Waals surface area contributed by atoms with E-state index < -0.39 is 23.8 Å². The number of halogens is 1. The van der Waals surface area contributed by atoms with Crippen molar-refractivity contribution in [3.63, 3.8) is 0 Å². The molecule has 3 aromatic heterocycles.